The highest BCUT2D eigenvalue weighted by atomic mass is 79.9. The first-order chi connectivity index (χ1) is 9.08. The Bertz CT molecular complexity index is 722. The Labute approximate surface area is 125 Å². The maximum Gasteiger partial charge on any atom is 0.356 e. The van der Waals surface area contributed by atoms with Gasteiger partial charge >= 0.3 is 5.97 Å². The van der Waals surface area contributed by atoms with E-state index in [4.69, 9.17) is 5.11 Å². The Balaban J connectivity index is 2.31. The highest BCUT2D eigenvalue weighted by molar-refractivity contribution is 9.18. The zero-order valence-electron chi connectivity index (χ0n) is 9.47. The number of aliphatic imine (C=N–C) groups is 1. The van der Waals surface area contributed by atoms with E-state index in [1.54, 1.807) is 4.57 Å². The fourth-order valence-corrected chi connectivity index (χ4v) is 2.83. The molecule has 2 heterocycles. The first-order valence-electron chi connectivity index (χ1n) is 5.37. The molecule has 0 aliphatic carbocycles. The number of carboxylic acid groups (broad SMARTS) is 1. The van der Waals surface area contributed by atoms with Gasteiger partial charge in [-0.3, -0.25) is 9.56 Å². The van der Waals surface area contributed by atoms with Crippen molar-refractivity contribution in [3.8, 4) is 5.69 Å². The van der Waals surface area contributed by atoms with Gasteiger partial charge in [0.2, 0.25) is 0 Å². The minimum absolute atomic E-state index is 0.0415. The summed E-state index contributed by atoms with van der Waals surface area (Å²) in [6, 6.07) is 5.73. The number of rotatable bonds is 1. The van der Waals surface area contributed by atoms with Gasteiger partial charge in [0.25, 0.3) is 0 Å². The molecule has 0 radical (unpaired) electrons. The maximum absolute atomic E-state index is 11.2. The topological polar surface area (TPSA) is 67.5 Å². The van der Waals surface area contributed by atoms with Crippen LogP contribution >= 0.6 is 31.9 Å². The molecule has 1 aromatic carbocycles. The number of aromatic carboxylic acids is 1. The van der Waals surface area contributed by atoms with Crippen LogP contribution in [-0.2, 0) is 6.54 Å². The van der Waals surface area contributed by atoms with E-state index in [9.17, 15) is 4.79 Å². The van der Waals surface area contributed by atoms with Crippen LogP contribution in [0.5, 0.6) is 0 Å². The van der Waals surface area contributed by atoms with Crippen LogP contribution in [0.2, 0.25) is 0 Å². The van der Waals surface area contributed by atoms with E-state index in [0.29, 0.717) is 10.3 Å². The molecule has 7 heteroatoms. The van der Waals surface area contributed by atoms with Gasteiger partial charge in [0, 0.05) is 10.0 Å². The Morgan fingerprint density at radius 3 is 2.89 bits per heavy atom. The number of nitrogens with zero attached hydrogens (tertiary/aromatic N) is 3. The van der Waals surface area contributed by atoms with Crippen molar-refractivity contribution >= 4 is 42.5 Å². The monoisotopic (exact) mass is 383 g/mol. The van der Waals surface area contributed by atoms with E-state index >= 15 is 0 Å². The van der Waals surface area contributed by atoms with Gasteiger partial charge in [0.15, 0.2) is 5.69 Å². The summed E-state index contributed by atoms with van der Waals surface area (Å²) in [6.45, 7) is 0.272. The van der Waals surface area contributed by atoms with Crippen LogP contribution in [0.3, 0.4) is 0 Å². The van der Waals surface area contributed by atoms with E-state index in [2.05, 4.69) is 41.8 Å². The van der Waals surface area contributed by atoms with Gasteiger partial charge in [-0.2, -0.15) is 0 Å². The Hall–Kier alpha value is -1.47. The van der Waals surface area contributed by atoms with E-state index in [1.165, 1.54) is 6.33 Å². The molecule has 0 bridgehead atoms. The summed E-state index contributed by atoms with van der Waals surface area (Å²) in [7, 11) is 0. The summed E-state index contributed by atoms with van der Waals surface area (Å²) in [4.78, 5) is 19.5. The van der Waals surface area contributed by atoms with Gasteiger partial charge in [-0.25, -0.2) is 9.78 Å². The van der Waals surface area contributed by atoms with Crippen LogP contribution in [-0.4, -0.2) is 25.2 Å². The lowest BCUT2D eigenvalue weighted by Gasteiger charge is -2.09. The molecule has 1 aromatic heterocycles. The number of carbonyl (C=O) groups is 1. The number of hydrogen-bond donors (Lipinski definition) is 1. The standard InChI is InChI=1S/C12H7Br2N3O2/c13-6-1-2-8-7(3-6)11(14)15-4-9-10(12(18)19)16-5-17(8)9/h1-3,5H,4H2,(H,18,19). The first kappa shape index (κ1) is 12.6. The predicted molar refractivity (Wildman–Crippen MR) is 77.4 cm³/mol. The van der Waals surface area contributed by atoms with E-state index in [-0.39, 0.29) is 12.2 Å². The summed E-state index contributed by atoms with van der Waals surface area (Å²) in [5.74, 6) is -1.04. The van der Waals surface area contributed by atoms with Gasteiger partial charge in [0.05, 0.1) is 17.9 Å². The smallest absolute Gasteiger partial charge is 0.356 e. The van der Waals surface area contributed by atoms with Crippen molar-refractivity contribution in [3.05, 3.63) is 46.0 Å². The fraction of sp³-hybridized carbons (Fsp3) is 0.0833. The molecule has 1 aliphatic heterocycles. The van der Waals surface area contributed by atoms with Crippen molar-refractivity contribution in [1.82, 2.24) is 9.55 Å². The van der Waals surface area contributed by atoms with Gasteiger partial charge < -0.3 is 5.11 Å². The average Bonchev–Trinajstić information content (AvgIpc) is 2.74. The van der Waals surface area contributed by atoms with Gasteiger partial charge in [-0.15, -0.1) is 0 Å². The molecule has 0 atom stereocenters. The number of hydrogen-bond acceptors (Lipinski definition) is 3. The lowest BCUT2D eigenvalue weighted by Crippen LogP contribution is -2.05. The highest BCUT2D eigenvalue weighted by Crippen LogP contribution is 2.28. The largest absolute Gasteiger partial charge is 0.476 e. The SMILES string of the molecule is O=C(O)c1ncn2c1CN=C(Br)c1cc(Br)ccc1-2. The molecule has 0 spiro atoms. The van der Waals surface area contributed by atoms with Crippen LogP contribution in [0, 0.1) is 0 Å². The molecule has 96 valence electrons. The molecule has 1 aliphatic rings. The third-order valence-electron chi connectivity index (χ3n) is 2.88. The summed E-state index contributed by atoms with van der Waals surface area (Å²) in [5.41, 5.74) is 2.36. The quantitative estimate of drug-likeness (QED) is 0.821. The lowest BCUT2D eigenvalue weighted by atomic mass is 10.2. The molecule has 0 fully saturated rings. The molecule has 0 amide bonds. The number of fused-ring (bicyclic) bond motifs is 3. The first-order valence-corrected chi connectivity index (χ1v) is 6.96. The Kier molecular flexibility index (Phi) is 3.02. The lowest BCUT2D eigenvalue weighted by molar-refractivity contribution is 0.0689. The van der Waals surface area contributed by atoms with Gasteiger partial charge in [-0.05, 0) is 34.1 Å². The summed E-state index contributed by atoms with van der Waals surface area (Å²) in [6.07, 6.45) is 1.52. The zero-order chi connectivity index (χ0) is 13.6. The molecular weight excluding hydrogens is 378 g/mol. The molecule has 2 aromatic rings. The molecule has 0 unspecified atom stereocenters. The summed E-state index contributed by atoms with van der Waals surface area (Å²) in [5, 5.41) is 9.14. The van der Waals surface area contributed by atoms with E-state index < -0.39 is 5.97 Å². The van der Waals surface area contributed by atoms with Crippen molar-refractivity contribution in [3.63, 3.8) is 0 Å². The zero-order valence-corrected chi connectivity index (χ0v) is 12.6. The number of imidazole rings is 1. The second-order valence-electron chi connectivity index (χ2n) is 3.98. The fourth-order valence-electron chi connectivity index (χ4n) is 2.02. The van der Waals surface area contributed by atoms with E-state index in [1.807, 2.05) is 18.2 Å². The number of benzene rings is 1. The van der Waals surface area contributed by atoms with E-state index in [0.717, 1.165) is 15.7 Å². The third kappa shape index (κ3) is 2.02. The van der Waals surface area contributed by atoms with Crippen molar-refractivity contribution in [2.24, 2.45) is 4.99 Å². The van der Waals surface area contributed by atoms with Crippen LogP contribution in [0.1, 0.15) is 21.7 Å². The maximum atomic E-state index is 11.2. The number of aromatic nitrogens is 2. The number of halogens is 2. The normalized spacial score (nSPS) is 13.3. The summed E-state index contributed by atoms with van der Waals surface area (Å²) >= 11 is 6.84. The van der Waals surface area contributed by atoms with Crippen molar-refractivity contribution in [2.45, 2.75) is 6.54 Å². The van der Waals surface area contributed by atoms with Crippen molar-refractivity contribution < 1.29 is 9.90 Å². The summed E-state index contributed by atoms with van der Waals surface area (Å²) < 4.78 is 3.40. The van der Waals surface area contributed by atoms with Crippen LogP contribution in [0.4, 0.5) is 0 Å². The molecule has 5 nitrogen and oxygen atoms in total. The van der Waals surface area contributed by atoms with Crippen LogP contribution in [0.15, 0.2) is 34.0 Å². The molecule has 1 N–H and O–H groups in total. The van der Waals surface area contributed by atoms with Gasteiger partial charge in [0.1, 0.15) is 10.9 Å². The van der Waals surface area contributed by atoms with Crippen LogP contribution in [0.25, 0.3) is 5.69 Å². The van der Waals surface area contributed by atoms with Crippen molar-refractivity contribution in [2.75, 3.05) is 0 Å². The Morgan fingerprint density at radius 1 is 1.37 bits per heavy atom. The minimum Gasteiger partial charge on any atom is -0.476 e. The third-order valence-corrected chi connectivity index (χ3v) is 4.05. The molecule has 0 saturated carbocycles. The number of carboxylic acids is 1. The molecule has 19 heavy (non-hydrogen) atoms. The molecule has 3 rings (SSSR count). The average molecular weight is 385 g/mol. The van der Waals surface area contributed by atoms with Gasteiger partial charge in [-0.1, -0.05) is 15.9 Å². The van der Waals surface area contributed by atoms with Crippen LogP contribution < -0.4 is 0 Å². The molecule has 0 saturated heterocycles. The highest BCUT2D eigenvalue weighted by Gasteiger charge is 2.22. The molecular formula is C12H7Br2N3O2. The minimum atomic E-state index is -1.04. The predicted octanol–water partition coefficient (Wildman–Crippen LogP) is 2.99. The second kappa shape index (κ2) is 4.57. The Morgan fingerprint density at radius 2 is 2.16 bits per heavy atom. The second-order valence-corrected chi connectivity index (χ2v) is 5.65. The van der Waals surface area contributed by atoms with Crippen molar-refractivity contribution in [1.29, 1.82) is 0 Å².